The molecule has 0 saturated carbocycles. The third-order valence-electron chi connectivity index (χ3n) is 1.98. The predicted octanol–water partition coefficient (Wildman–Crippen LogP) is 3.84. The van der Waals surface area contributed by atoms with E-state index in [1.807, 2.05) is 18.2 Å². The molecule has 0 aliphatic rings. The van der Waals surface area contributed by atoms with Crippen molar-refractivity contribution in [2.45, 2.75) is 13.8 Å². The van der Waals surface area contributed by atoms with Crippen LogP contribution in [0, 0.1) is 5.92 Å². The maximum atomic E-state index is 5.64. The van der Waals surface area contributed by atoms with E-state index in [0.717, 1.165) is 27.8 Å². The van der Waals surface area contributed by atoms with Crippen LogP contribution >= 0.6 is 31.9 Å². The summed E-state index contributed by atoms with van der Waals surface area (Å²) in [6.07, 6.45) is 0. The molecule has 0 aliphatic heterocycles. The molecule has 0 radical (unpaired) electrons. The summed E-state index contributed by atoms with van der Waals surface area (Å²) in [5.41, 5.74) is 0. The zero-order valence-corrected chi connectivity index (χ0v) is 12.8. The lowest BCUT2D eigenvalue weighted by molar-refractivity contribution is 0.309. The molecule has 4 heteroatoms. The van der Waals surface area contributed by atoms with Gasteiger partial charge in [-0.2, -0.15) is 0 Å². The smallest absolute Gasteiger partial charge is 0.133 e. The SMILES string of the molecule is CC(C)CNCCOc1ccc(Br)cc1Br. The first-order chi connectivity index (χ1) is 7.59. The van der Waals surface area contributed by atoms with E-state index in [1.165, 1.54) is 0 Å². The number of hydrogen-bond donors (Lipinski definition) is 1. The van der Waals surface area contributed by atoms with Crippen LogP contribution in [0.2, 0.25) is 0 Å². The van der Waals surface area contributed by atoms with Crippen LogP contribution in [-0.4, -0.2) is 19.7 Å². The van der Waals surface area contributed by atoms with Crippen LogP contribution in [0.15, 0.2) is 27.1 Å². The zero-order valence-electron chi connectivity index (χ0n) is 9.59. The molecule has 0 atom stereocenters. The monoisotopic (exact) mass is 349 g/mol. The summed E-state index contributed by atoms with van der Waals surface area (Å²) in [7, 11) is 0. The molecule has 0 bridgehead atoms. The van der Waals surface area contributed by atoms with Crippen molar-refractivity contribution in [3.63, 3.8) is 0 Å². The van der Waals surface area contributed by atoms with E-state index in [0.29, 0.717) is 12.5 Å². The minimum Gasteiger partial charge on any atom is -0.491 e. The third kappa shape index (κ3) is 5.32. The van der Waals surface area contributed by atoms with Crippen molar-refractivity contribution < 1.29 is 4.74 Å². The van der Waals surface area contributed by atoms with Gasteiger partial charge in [-0.3, -0.25) is 0 Å². The van der Waals surface area contributed by atoms with Crippen LogP contribution < -0.4 is 10.1 Å². The standard InChI is InChI=1S/C12H17Br2NO/c1-9(2)8-15-5-6-16-12-4-3-10(13)7-11(12)14/h3-4,7,9,15H,5-6,8H2,1-2H3. The van der Waals surface area contributed by atoms with E-state index in [1.54, 1.807) is 0 Å². The molecule has 1 rings (SSSR count). The molecule has 0 unspecified atom stereocenters. The van der Waals surface area contributed by atoms with Crippen molar-refractivity contribution >= 4 is 31.9 Å². The second-order valence-electron chi connectivity index (χ2n) is 4.02. The molecule has 1 aromatic carbocycles. The third-order valence-corrected chi connectivity index (χ3v) is 3.10. The Morgan fingerprint density at radius 3 is 2.69 bits per heavy atom. The molecule has 1 aromatic rings. The average molecular weight is 351 g/mol. The molecule has 90 valence electrons. The van der Waals surface area contributed by atoms with E-state index in [4.69, 9.17) is 4.74 Å². The quantitative estimate of drug-likeness (QED) is 0.787. The minimum atomic E-state index is 0.680. The van der Waals surface area contributed by atoms with Gasteiger partial charge in [0.1, 0.15) is 12.4 Å². The summed E-state index contributed by atoms with van der Waals surface area (Å²) in [6, 6.07) is 5.91. The van der Waals surface area contributed by atoms with Gasteiger partial charge in [0, 0.05) is 11.0 Å². The van der Waals surface area contributed by atoms with Crippen LogP contribution in [0.1, 0.15) is 13.8 Å². The Bertz CT molecular complexity index is 329. The number of nitrogens with one attached hydrogen (secondary N) is 1. The van der Waals surface area contributed by atoms with Gasteiger partial charge in [-0.05, 0) is 46.6 Å². The molecule has 1 N–H and O–H groups in total. The summed E-state index contributed by atoms with van der Waals surface area (Å²) in [5, 5.41) is 3.34. The number of hydrogen-bond acceptors (Lipinski definition) is 2. The van der Waals surface area contributed by atoms with E-state index in [2.05, 4.69) is 51.0 Å². The van der Waals surface area contributed by atoms with Crippen molar-refractivity contribution in [3.05, 3.63) is 27.1 Å². The van der Waals surface area contributed by atoms with Gasteiger partial charge in [-0.15, -0.1) is 0 Å². The second kappa shape index (κ2) is 7.30. The highest BCUT2D eigenvalue weighted by atomic mass is 79.9. The Hall–Kier alpha value is -0.0600. The summed E-state index contributed by atoms with van der Waals surface area (Å²) in [5.74, 6) is 1.56. The van der Waals surface area contributed by atoms with Crippen molar-refractivity contribution in [2.75, 3.05) is 19.7 Å². The number of rotatable bonds is 6. The first kappa shape index (κ1) is 14.0. The van der Waals surface area contributed by atoms with Crippen LogP contribution in [0.25, 0.3) is 0 Å². The summed E-state index contributed by atoms with van der Waals surface area (Å²) in [6.45, 7) is 6.98. The van der Waals surface area contributed by atoms with Crippen LogP contribution in [-0.2, 0) is 0 Å². The minimum absolute atomic E-state index is 0.680. The fourth-order valence-corrected chi connectivity index (χ4v) is 2.38. The topological polar surface area (TPSA) is 21.3 Å². The molecular formula is C12H17Br2NO. The first-order valence-corrected chi connectivity index (χ1v) is 6.96. The molecule has 0 amide bonds. The molecule has 0 saturated heterocycles. The van der Waals surface area contributed by atoms with Crippen molar-refractivity contribution in [1.29, 1.82) is 0 Å². The van der Waals surface area contributed by atoms with Crippen molar-refractivity contribution in [2.24, 2.45) is 5.92 Å². The van der Waals surface area contributed by atoms with E-state index >= 15 is 0 Å². The Kier molecular flexibility index (Phi) is 6.39. The van der Waals surface area contributed by atoms with Gasteiger partial charge in [-0.25, -0.2) is 0 Å². The van der Waals surface area contributed by atoms with Gasteiger partial charge in [0.25, 0.3) is 0 Å². The summed E-state index contributed by atoms with van der Waals surface area (Å²) in [4.78, 5) is 0. The lowest BCUT2D eigenvalue weighted by Crippen LogP contribution is -2.24. The summed E-state index contributed by atoms with van der Waals surface area (Å²) >= 11 is 6.87. The van der Waals surface area contributed by atoms with Gasteiger partial charge < -0.3 is 10.1 Å². The molecule has 0 heterocycles. The van der Waals surface area contributed by atoms with E-state index < -0.39 is 0 Å². The molecule has 0 aliphatic carbocycles. The van der Waals surface area contributed by atoms with E-state index in [-0.39, 0.29) is 0 Å². The van der Waals surface area contributed by atoms with Crippen LogP contribution in [0.4, 0.5) is 0 Å². The second-order valence-corrected chi connectivity index (χ2v) is 5.79. The molecule has 0 spiro atoms. The fraction of sp³-hybridized carbons (Fsp3) is 0.500. The van der Waals surface area contributed by atoms with Gasteiger partial charge in [0.05, 0.1) is 4.47 Å². The number of ether oxygens (including phenoxy) is 1. The van der Waals surface area contributed by atoms with Gasteiger partial charge >= 0.3 is 0 Å². The Balaban J connectivity index is 2.27. The molecule has 0 fully saturated rings. The maximum Gasteiger partial charge on any atom is 0.133 e. The number of benzene rings is 1. The Morgan fingerprint density at radius 1 is 1.31 bits per heavy atom. The van der Waals surface area contributed by atoms with Crippen molar-refractivity contribution in [3.8, 4) is 5.75 Å². The lowest BCUT2D eigenvalue weighted by Gasteiger charge is -2.10. The van der Waals surface area contributed by atoms with Gasteiger partial charge in [0.15, 0.2) is 0 Å². The molecule has 2 nitrogen and oxygen atoms in total. The fourth-order valence-electron chi connectivity index (χ4n) is 1.22. The maximum absolute atomic E-state index is 5.64. The van der Waals surface area contributed by atoms with E-state index in [9.17, 15) is 0 Å². The van der Waals surface area contributed by atoms with Crippen molar-refractivity contribution in [1.82, 2.24) is 5.32 Å². The molecule has 16 heavy (non-hydrogen) atoms. The van der Waals surface area contributed by atoms with Crippen LogP contribution in [0.5, 0.6) is 5.75 Å². The predicted molar refractivity (Wildman–Crippen MR) is 75.0 cm³/mol. The average Bonchev–Trinajstić information content (AvgIpc) is 2.20. The highest BCUT2D eigenvalue weighted by Gasteiger charge is 2.01. The largest absolute Gasteiger partial charge is 0.491 e. The lowest BCUT2D eigenvalue weighted by atomic mass is 10.2. The molecular weight excluding hydrogens is 334 g/mol. The van der Waals surface area contributed by atoms with Gasteiger partial charge in [-0.1, -0.05) is 29.8 Å². The highest BCUT2D eigenvalue weighted by molar-refractivity contribution is 9.11. The summed E-state index contributed by atoms with van der Waals surface area (Å²) < 4.78 is 7.67. The Labute approximate surface area is 114 Å². The Morgan fingerprint density at radius 2 is 2.06 bits per heavy atom. The molecule has 0 aromatic heterocycles. The normalized spacial score (nSPS) is 10.8. The van der Waals surface area contributed by atoms with Gasteiger partial charge in [0.2, 0.25) is 0 Å². The number of halogens is 2. The zero-order chi connectivity index (χ0) is 12.0. The highest BCUT2D eigenvalue weighted by Crippen LogP contribution is 2.27. The first-order valence-electron chi connectivity index (χ1n) is 5.38. The van der Waals surface area contributed by atoms with Crippen LogP contribution in [0.3, 0.4) is 0 Å².